The molecule has 0 radical (unpaired) electrons. The summed E-state index contributed by atoms with van der Waals surface area (Å²) in [5.74, 6) is 0.654. The van der Waals surface area contributed by atoms with Crippen LogP contribution in [0, 0.1) is 5.92 Å². The van der Waals surface area contributed by atoms with Crippen molar-refractivity contribution in [3.05, 3.63) is 23.5 Å². The van der Waals surface area contributed by atoms with Crippen molar-refractivity contribution in [2.24, 2.45) is 5.92 Å². The van der Waals surface area contributed by atoms with E-state index >= 15 is 0 Å². The Hall–Kier alpha value is -1.33. The number of aromatic amines is 1. The van der Waals surface area contributed by atoms with Crippen LogP contribution in [0.2, 0.25) is 0 Å². The lowest BCUT2D eigenvalue weighted by molar-refractivity contribution is 0.0766. The molecular weight excluding hydrogens is 266 g/mol. The molecule has 5 nitrogen and oxygen atoms in total. The van der Waals surface area contributed by atoms with Gasteiger partial charge in [0.1, 0.15) is 5.69 Å². The summed E-state index contributed by atoms with van der Waals surface area (Å²) in [6.07, 6.45) is 2.08. The summed E-state index contributed by atoms with van der Waals surface area (Å²) in [7, 11) is 3.63. The van der Waals surface area contributed by atoms with Gasteiger partial charge in [-0.3, -0.25) is 4.79 Å². The smallest absolute Gasteiger partial charge is 0.270 e. The van der Waals surface area contributed by atoms with E-state index in [1.165, 1.54) is 0 Å². The summed E-state index contributed by atoms with van der Waals surface area (Å²) >= 11 is 0. The van der Waals surface area contributed by atoms with Crippen molar-refractivity contribution in [3.8, 4) is 0 Å². The molecule has 0 aliphatic carbocycles. The van der Waals surface area contributed by atoms with Crippen molar-refractivity contribution in [2.75, 3.05) is 46.9 Å². The van der Waals surface area contributed by atoms with E-state index in [-0.39, 0.29) is 5.91 Å². The molecule has 1 aromatic heterocycles. The molecule has 0 unspecified atom stereocenters. The standard InChI is InChI=1S/C16H27N3O2/c1-4-14-5-6-15(17-14)16(20)18(2)11-13-7-8-19(12-13)9-10-21-3/h5-6,13,17H,4,7-12H2,1-3H3/t13-/m0/s1. The summed E-state index contributed by atoms with van der Waals surface area (Å²) in [5.41, 5.74) is 1.81. The highest BCUT2D eigenvalue weighted by Gasteiger charge is 2.25. The highest BCUT2D eigenvalue weighted by Crippen LogP contribution is 2.17. The number of carbonyl (C=O) groups excluding carboxylic acids is 1. The zero-order valence-corrected chi connectivity index (χ0v) is 13.4. The zero-order chi connectivity index (χ0) is 15.2. The molecule has 2 heterocycles. The number of methoxy groups -OCH3 is 1. The molecular formula is C16H27N3O2. The number of rotatable bonds is 7. The fraction of sp³-hybridized carbons (Fsp3) is 0.688. The molecule has 1 atom stereocenters. The van der Waals surface area contributed by atoms with Crippen LogP contribution in [-0.4, -0.2) is 67.6 Å². The van der Waals surface area contributed by atoms with Crippen LogP contribution in [0.3, 0.4) is 0 Å². The molecule has 0 spiro atoms. The van der Waals surface area contributed by atoms with Crippen LogP contribution in [0.1, 0.15) is 29.5 Å². The second-order valence-electron chi connectivity index (χ2n) is 5.88. The van der Waals surface area contributed by atoms with Gasteiger partial charge in [-0.1, -0.05) is 6.92 Å². The first-order valence-corrected chi connectivity index (χ1v) is 7.78. The third-order valence-corrected chi connectivity index (χ3v) is 4.22. The summed E-state index contributed by atoms with van der Waals surface area (Å²) < 4.78 is 5.12. The van der Waals surface area contributed by atoms with E-state index in [1.807, 2.05) is 24.1 Å². The van der Waals surface area contributed by atoms with Gasteiger partial charge in [0.2, 0.25) is 0 Å². The van der Waals surface area contributed by atoms with Gasteiger partial charge in [0, 0.05) is 39.5 Å². The number of likely N-dealkylation sites (tertiary alicyclic amines) is 1. The molecule has 1 fully saturated rings. The van der Waals surface area contributed by atoms with E-state index < -0.39 is 0 Å². The predicted molar refractivity (Wildman–Crippen MR) is 83.6 cm³/mol. The normalized spacial score (nSPS) is 19.1. The average molecular weight is 293 g/mol. The van der Waals surface area contributed by atoms with Gasteiger partial charge < -0.3 is 19.5 Å². The fourth-order valence-electron chi connectivity index (χ4n) is 2.93. The number of nitrogens with one attached hydrogen (secondary N) is 1. The van der Waals surface area contributed by atoms with Crippen molar-refractivity contribution in [2.45, 2.75) is 19.8 Å². The maximum absolute atomic E-state index is 12.4. The number of carbonyl (C=O) groups is 1. The number of aromatic nitrogens is 1. The summed E-state index contributed by atoms with van der Waals surface area (Å²) in [5, 5.41) is 0. The van der Waals surface area contributed by atoms with Crippen molar-refractivity contribution in [1.29, 1.82) is 0 Å². The van der Waals surface area contributed by atoms with Crippen LogP contribution in [-0.2, 0) is 11.2 Å². The first-order chi connectivity index (χ1) is 10.1. The summed E-state index contributed by atoms with van der Waals surface area (Å²) in [4.78, 5) is 19.8. The fourth-order valence-corrected chi connectivity index (χ4v) is 2.93. The average Bonchev–Trinajstić information content (AvgIpc) is 3.13. The molecule has 0 aromatic carbocycles. The molecule has 1 aliphatic heterocycles. The second-order valence-corrected chi connectivity index (χ2v) is 5.88. The maximum Gasteiger partial charge on any atom is 0.270 e. The lowest BCUT2D eigenvalue weighted by Crippen LogP contribution is -2.33. The number of ether oxygens (including phenoxy) is 1. The highest BCUT2D eigenvalue weighted by atomic mass is 16.5. The third kappa shape index (κ3) is 4.32. The Bertz CT molecular complexity index is 458. The molecule has 0 saturated carbocycles. The predicted octanol–water partition coefficient (Wildman–Crippen LogP) is 1.62. The summed E-state index contributed by atoms with van der Waals surface area (Å²) in [6.45, 7) is 6.84. The van der Waals surface area contributed by atoms with Crippen LogP contribution in [0.4, 0.5) is 0 Å². The number of amides is 1. The molecule has 1 aliphatic rings. The van der Waals surface area contributed by atoms with E-state index in [0.717, 1.165) is 51.3 Å². The van der Waals surface area contributed by atoms with Crippen LogP contribution in [0.15, 0.2) is 12.1 Å². The second kappa shape index (κ2) is 7.61. The zero-order valence-electron chi connectivity index (χ0n) is 13.4. The van der Waals surface area contributed by atoms with E-state index in [0.29, 0.717) is 11.6 Å². The Morgan fingerprint density at radius 3 is 3.00 bits per heavy atom. The molecule has 1 N–H and O–H groups in total. The third-order valence-electron chi connectivity index (χ3n) is 4.22. The maximum atomic E-state index is 12.4. The van der Waals surface area contributed by atoms with Crippen LogP contribution >= 0.6 is 0 Å². The van der Waals surface area contributed by atoms with E-state index in [9.17, 15) is 4.79 Å². The number of aryl methyl sites for hydroxylation is 1. The topological polar surface area (TPSA) is 48.6 Å². The molecule has 1 saturated heterocycles. The number of H-pyrrole nitrogens is 1. The van der Waals surface area contributed by atoms with Gasteiger partial charge in [-0.25, -0.2) is 0 Å². The lowest BCUT2D eigenvalue weighted by Gasteiger charge is -2.21. The molecule has 1 aromatic rings. The van der Waals surface area contributed by atoms with Gasteiger partial charge in [-0.05, 0) is 37.4 Å². The SMILES string of the molecule is CCc1ccc(C(=O)N(C)C[C@@H]2CCN(CCOC)C2)[nH]1. The molecule has 118 valence electrons. The van der Waals surface area contributed by atoms with Gasteiger partial charge >= 0.3 is 0 Å². The van der Waals surface area contributed by atoms with E-state index in [4.69, 9.17) is 4.74 Å². The van der Waals surface area contributed by atoms with Gasteiger partial charge in [0.05, 0.1) is 6.61 Å². The number of nitrogens with zero attached hydrogens (tertiary/aromatic N) is 2. The van der Waals surface area contributed by atoms with Gasteiger partial charge in [-0.2, -0.15) is 0 Å². The lowest BCUT2D eigenvalue weighted by atomic mass is 10.1. The minimum atomic E-state index is 0.0880. The largest absolute Gasteiger partial charge is 0.383 e. The number of hydrogen-bond acceptors (Lipinski definition) is 3. The van der Waals surface area contributed by atoms with Gasteiger partial charge in [-0.15, -0.1) is 0 Å². The first kappa shape index (κ1) is 16.0. The van der Waals surface area contributed by atoms with E-state index in [1.54, 1.807) is 7.11 Å². The van der Waals surface area contributed by atoms with Crippen molar-refractivity contribution in [1.82, 2.24) is 14.8 Å². The first-order valence-electron chi connectivity index (χ1n) is 7.78. The van der Waals surface area contributed by atoms with Crippen LogP contribution < -0.4 is 0 Å². The Morgan fingerprint density at radius 2 is 2.33 bits per heavy atom. The molecule has 1 amide bonds. The van der Waals surface area contributed by atoms with Crippen LogP contribution in [0.25, 0.3) is 0 Å². The Morgan fingerprint density at radius 1 is 1.52 bits per heavy atom. The summed E-state index contributed by atoms with van der Waals surface area (Å²) in [6, 6.07) is 3.88. The van der Waals surface area contributed by atoms with Gasteiger partial charge in [0.25, 0.3) is 5.91 Å². The van der Waals surface area contributed by atoms with Crippen LogP contribution in [0.5, 0.6) is 0 Å². The quantitative estimate of drug-likeness (QED) is 0.831. The minimum Gasteiger partial charge on any atom is -0.383 e. The van der Waals surface area contributed by atoms with Gasteiger partial charge in [0.15, 0.2) is 0 Å². The Balaban J connectivity index is 1.81. The van der Waals surface area contributed by atoms with Crippen molar-refractivity contribution >= 4 is 5.91 Å². The molecule has 0 bridgehead atoms. The Kier molecular flexibility index (Phi) is 5.82. The number of hydrogen-bond donors (Lipinski definition) is 1. The molecule has 5 heteroatoms. The highest BCUT2D eigenvalue weighted by molar-refractivity contribution is 5.92. The van der Waals surface area contributed by atoms with Crippen molar-refractivity contribution in [3.63, 3.8) is 0 Å². The molecule has 21 heavy (non-hydrogen) atoms. The minimum absolute atomic E-state index is 0.0880. The monoisotopic (exact) mass is 293 g/mol. The van der Waals surface area contributed by atoms with Crippen molar-refractivity contribution < 1.29 is 9.53 Å². The Labute approximate surface area is 127 Å². The molecule has 2 rings (SSSR count). The van der Waals surface area contributed by atoms with E-state index in [2.05, 4.69) is 16.8 Å².